The highest BCUT2D eigenvalue weighted by Gasteiger charge is 2.15. The van der Waals surface area contributed by atoms with E-state index in [9.17, 15) is 9.18 Å². The molecule has 2 rings (SSSR count). The van der Waals surface area contributed by atoms with Crippen molar-refractivity contribution in [1.29, 1.82) is 0 Å². The summed E-state index contributed by atoms with van der Waals surface area (Å²) in [6.45, 7) is 0.412. The Hall–Kier alpha value is -1.52. The summed E-state index contributed by atoms with van der Waals surface area (Å²) in [5, 5.41) is 0.647. The fraction of sp³-hybridized carbons (Fsp3) is 0.188. The van der Waals surface area contributed by atoms with E-state index in [1.54, 1.807) is 29.2 Å². The molecule has 0 aliphatic rings. The number of carbonyl (C=O) groups excluding carboxylic acids is 1. The molecule has 0 heterocycles. The minimum Gasteiger partial charge on any atom is -0.308 e. The molecule has 0 saturated carbocycles. The molecule has 1 amide bonds. The predicted octanol–water partition coefficient (Wildman–Crippen LogP) is 4.33. The molecule has 0 atom stereocenters. The van der Waals surface area contributed by atoms with E-state index < -0.39 is 0 Å². The number of rotatable bonds is 5. The average Bonchev–Trinajstić information content (AvgIpc) is 2.48. The highest BCUT2D eigenvalue weighted by Crippen LogP contribution is 2.20. The van der Waals surface area contributed by atoms with E-state index in [4.69, 9.17) is 11.6 Å². The van der Waals surface area contributed by atoms with Gasteiger partial charge >= 0.3 is 0 Å². The summed E-state index contributed by atoms with van der Waals surface area (Å²) in [4.78, 5) is 13.9. The summed E-state index contributed by atoms with van der Waals surface area (Å²) < 4.78 is 13.0. The highest BCUT2D eigenvalue weighted by atomic mass is 35.5. The topological polar surface area (TPSA) is 20.3 Å². The van der Waals surface area contributed by atoms with Crippen LogP contribution in [0.25, 0.3) is 0 Å². The Morgan fingerprint density at radius 2 is 1.71 bits per heavy atom. The van der Waals surface area contributed by atoms with E-state index in [0.29, 0.717) is 29.4 Å². The lowest BCUT2D eigenvalue weighted by Crippen LogP contribution is -2.30. The molecule has 0 radical (unpaired) electrons. The fourth-order valence-electron chi connectivity index (χ4n) is 1.95. The third kappa shape index (κ3) is 4.48. The zero-order chi connectivity index (χ0) is 15.2. The third-order valence-corrected chi connectivity index (χ3v) is 3.49. The largest absolute Gasteiger partial charge is 0.308 e. The second-order valence-corrected chi connectivity index (χ2v) is 5.44. The molecule has 0 aliphatic carbocycles. The number of amides is 1. The standard InChI is InChI=1S/C16H15ClFNOS/c17-13-3-1-12(2-4-13)11-19(16(20)9-10-21)15-7-5-14(18)6-8-15/h1-8,21H,9-11H2. The van der Waals surface area contributed by atoms with Crippen LogP contribution in [-0.4, -0.2) is 11.7 Å². The Bertz CT molecular complexity index is 601. The number of halogens is 2. The van der Waals surface area contributed by atoms with E-state index in [1.165, 1.54) is 12.1 Å². The van der Waals surface area contributed by atoms with Crippen LogP contribution in [0.2, 0.25) is 5.02 Å². The average molecular weight is 324 g/mol. The Kier molecular flexibility index (Phi) is 5.65. The quantitative estimate of drug-likeness (QED) is 0.812. The van der Waals surface area contributed by atoms with Crippen LogP contribution in [0.4, 0.5) is 10.1 Å². The van der Waals surface area contributed by atoms with E-state index in [-0.39, 0.29) is 11.7 Å². The van der Waals surface area contributed by atoms with Gasteiger partial charge in [-0.15, -0.1) is 0 Å². The second-order valence-electron chi connectivity index (χ2n) is 4.56. The van der Waals surface area contributed by atoms with Gasteiger partial charge in [0.15, 0.2) is 0 Å². The Labute approximate surface area is 133 Å². The van der Waals surface area contributed by atoms with Gasteiger partial charge in [-0.2, -0.15) is 12.6 Å². The van der Waals surface area contributed by atoms with Crippen molar-refractivity contribution in [2.75, 3.05) is 10.7 Å². The number of carbonyl (C=O) groups is 1. The van der Waals surface area contributed by atoms with Crippen molar-refractivity contribution >= 4 is 35.8 Å². The molecule has 110 valence electrons. The number of hydrogen-bond donors (Lipinski definition) is 1. The molecule has 0 bridgehead atoms. The van der Waals surface area contributed by atoms with Crippen LogP contribution in [-0.2, 0) is 11.3 Å². The maximum Gasteiger partial charge on any atom is 0.228 e. The monoisotopic (exact) mass is 323 g/mol. The van der Waals surface area contributed by atoms with Crippen molar-refractivity contribution in [3.8, 4) is 0 Å². The van der Waals surface area contributed by atoms with Crippen molar-refractivity contribution in [2.24, 2.45) is 0 Å². The zero-order valence-corrected chi connectivity index (χ0v) is 12.9. The van der Waals surface area contributed by atoms with E-state index in [0.717, 1.165) is 5.56 Å². The second kappa shape index (κ2) is 7.48. The van der Waals surface area contributed by atoms with Gasteiger partial charge in [0, 0.05) is 17.1 Å². The molecule has 0 aromatic heterocycles. The molecule has 0 spiro atoms. The molecular formula is C16H15ClFNOS. The van der Waals surface area contributed by atoms with Gasteiger partial charge in [0.05, 0.1) is 6.54 Å². The number of nitrogens with zero attached hydrogens (tertiary/aromatic N) is 1. The molecule has 2 nitrogen and oxygen atoms in total. The van der Waals surface area contributed by atoms with Gasteiger partial charge in [0.25, 0.3) is 0 Å². The highest BCUT2D eigenvalue weighted by molar-refractivity contribution is 7.80. The van der Waals surface area contributed by atoms with Crippen LogP contribution in [0.1, 0.15) is 12.0 Å². The van der Waals surface area contributed by atoms with Gasteiger partial charge in [0.2, 0.25) is 5.91 Å². The van der Waals surface area contributed by atoms with Gasteiger partial charge in [-0.1, -0.05) is 23.7 Å². The lowest BCUT2D eigenvalue weighted by atomic mass is 10.2. The van der Waals surface area contributed by atoms with Gasteiger partial charge < -0.3 is 4.90 Å². The smallest absolute Gasteiger partial charge is 0.228 e. The van der Waals surface area contributed by atoms with Crippen molar-refractivity contribution in [3.63, 3.8) is 0 Å². The molecular weight excluding hydrogens is 309 g/mol. The van der Waals surface area contributed by atoms with Crippen molar-refractivity contribution in [1.82, 2.24) is 0 Å². The molecule has 5 heteroatoms. The lowest BCUT2D eigenvalue weighted by molar-refractivity contribution is -0.118. The van der Waals surface area contributed by atoms with Crippen LogP contribution in [0, 0.1) is 5.82 Å². The Morgan fingerprint density at radius 1 is 1.10 bits per heavy atom. The summed E-state index contributed by atoms with van der Waals surface area (Å²) in [5.41, 5.74) is 1.62. The van der Waals surface area contributed by atoms with Crippen molar-refractivity contribution in [2.45, 2.75) is 13.0 Å². The van der Waals surface area contributed by atoms with Gasteiger partial charge in [0.1, 0.15) is 5.82 Å². The fourth-order valence-corrected chi connectivity index (χ4v) is 2.26. The maximum atomic E-state index is 13.0. The van der Waals surface area contributed by atoms with E-state index in [2.05, 4.69) is 12.6 Å². The van der Waals surface area contributed by atoms with Crippen molar-refractivity contribution < 1.29 is 9.18 Å². The molecule has 0 N–H and O–H groups in total. The minimum atomic E-state index is -0.327. The molecule has 0 unspecified atom stereocenters. The number of benzene rings is 2. The predicted molar refractivity (Wildman–Crippen MR) is 87.5 cm³/mol. The maximum absolute atomic E-state index is 13.0. The molecule has 0 fully saturated rings. The first-order valence-electron chi connectivity index (χ1n) is 6.51. The van der Waals surface area contributed by atoms with Crippen molar-refractivity contribution in [3.05, 3.63) is 64.9 Å². The molecule has 2 aromatic rings. The number of hydrogen-bond acceptors (Lipinski definition) is 2. The first-order chi connectivity index (χ1) is 10.1. The number of anilines is 1. The van der Waals surface area contributed by atoms with E-state index in [1.807, 2.05) is 12.1 Å². The van der Waals surface area contributed by atoms with Crippen LogP contribution in [0.3, 0.4) is 0 Å². The first kappa shape index (κ1) is 15.9. The Morgan fingerprint density at radius 3 is 2.29 bits per heavy atom. The van der Waals surface area contributed by atoms with Crippen LogP contribution in [0.5, 0.6) is 0 Å². The molecule has 0 aliphatic heterocycles. The van der Waals surface area contributed by atoms with Gasteiger partial charge in [-0.3, -0.25) is 4.79 Å². The molecule has 21 heavy (non-hydrogen) atoms. The number of thiol groups is 1. The van der Waals surface area contributed by atoms with Crippen LogP contribution >= 0.6 is 24.2 Å². The molecule has 0 saturated heterocycles. The summed E-state index contributed by atoms with van der Waals surface area (Å²) in [6, 6.07) is 13.2. The molecule has 2 aromatic carbocycles. The van der Waals surface area contributed by atoms with E-state index >= 15 is 0 Å². The Balaban J connectivity index is 2.25. The lowest BCUT2D eigenvalue weighted by Gasteiger charge is -2.23. The summed E-state index contributed by atoms with van der Waals surface area (Å²) >= 11 is 9.96. The van der Waals surface area contributed by atoms with Gasteiger partial charge in [-0.25, -0.2) is 4.39 Å². The third-order valence-electron chi connectivity index (χ3n) is 3.02. The minimum absolute atomic E-state index is 0.0495. The van der Waals surface area contributed by atoms with Crippen LogP contribution < -0.4 is 4.90 Å². The summed E-state index contributed by atoms with van der Waals surface area (Å²) in [6.07, 6.45) is 0.327. The zero-order valence-electron chi connectivity index (χ0n) is 11.3. The first-order valence-corrected chi connectivity index (χ1v) is 7.52. The summed E-state index contributed by atoms with van der Waals surface area (Å²) in [5.74, 6) is 0.0929. The van der Waals surface area contributed by atoms with Crippen LogP contribution in [0.15, 0.2) is 48.5 Å². The van der Waals surface area contributed by atoms with Gasteiger partial charge in [-0.05, 0) is 47.7 Å². The summed E-state index contributed by atoms with van der Waals surface area (Å²) in [7, 11) is 0. The SMILES string of the molecule is O=C(CCS)N(Cc1ccc(Cl)cc1)c1ccc(F)cc1. The normalized spacial score (nSPS) is 10.4.